The van der Waals surface area contributed by atoms with E-state index in [2.05, 4.69) is 10.6 Å². The highest BCUT2D eigenvalue weighted by atomic mass is 16.6. The summed E-state index contributed by atoms with van der Waals surface area (Å²) in [5.74, 6) is -1.07. The van der Waals surface area contributed by atoms with Gasteiger partial charge in [0.2, 0.25) is 24.3 Å². The smallest absolute Gasteiger partial charge is 0.249 e. The summed E-state index contributed by atoms with van der Waals surface area (Å²) in [6, 6.07) is -0.649. The van der Waals surface area contributed by atoms with Crippen LogP contribution in [0.2, 0.25) is 0 Å². The van der Waals surface area contributed by atoms with Crippen LogP contribution in [0, 0.1) is 10.1 Å². The van der Waals surface area contributed by atoms with Gasteiger partial charge in [-0.15, -0.1) is 0 Å². The highest BCUT2D eigenvalue weighted by Gasteiger charge is 2.27. The Morgan fingerprint density at radius 2 is 2.11 bits per heavy atom. The second kappa shape index (κ2) is 7.45. The van der Waals surface area contributed by atoms with Crippen LogP contribution in [0.3, 0.4) is 0 Å². The van der Waals surface area contributed by atoms with Crippen LogP contribution in [-0.4, -0.2) is 35.2 Å². The Balaban J connectivity index is 2.15. The average Bonchev–Trinajstić information content (AvgIpc) is 2.32. The molecule has 1 fully saturated rings. The highest BCUT2D eigenvalue weighted by Crippen LogP contribution is 2.06. The maximum atomic E-state index is 11.5. The summed E-state index contributed by atoms with van der Waals surface area (Å²) in [5, 5.41) is 14.8. The lowest BCUT2D eigenvalue weighted by atomic mass is 10.1. The Labute approximate surface area is 110 Å². The minimum Gasteiger partial charge on any atom is -0.344 e. The van der Waals surface area contributed by atoms with E-state index in [4.69, 9.17) is 0 Å². The molecule has 0 aromatic carbocycles. The van der Waals surface area contributed by atoms with Crippen molar-refractivity contribution >= 4 is 17.7 Å². The first-order chi connectivity index (χ1) is 8.99. The van der Waals surface area contributed by atoms with E-state index in [0.29, 0.717) is 25.7 Å². The van der Waals surface area contributed by atoms with Gasteiger partial charge in [0, 0.05) is 24.2 Å². The Bertz CT molecular complexity index is 383. The van der Waals surface area contributed by atoms with Crippen molar-refractivity contribution in [2.24, 2.45) is 0 Å². The first-order valence-electron chi connectivity index (χ1n) is 6.24. The Morgan fingerprint density at radius 1 is 1.37 bits per heavy atom. The van der Waals surface area contributed by atoms with Gasteiger partial charge in [-0.2, -0.15) is 0 Å². The molecule has 1 saturated heterocycles. The molecule has 1 rings (SSSR count). The molecule has 8 nitrogen and oxygen atoms in total. The van der Waals surface area contributed by atoms with E-state index in [0.717, 1.165) is 0 Å². The zero-order valence-electron chi connectivity index (χ0n) is 10.5. The van der Waals surface area contributed by atoms with Crippen molar-refractivity contribution in [1.29, 1.82) is 0 Å². The molecule has 3 amide bonds. The highest BCUT2D eigenvalue weighted by molar-refractivity contribution is 6.01. The normalized spacial score (nSPS) is 18.8. The molecule has 0 aromatic heterocycles. The van der Waals surface area contributed by atoms with Crippen molar-refractivity contribution in [3.8, 4) is 0 Å². The minimum atomic E-state index is -0.649. The standard InChI is InChI=1S/C11H17N3O5/c15-9(4-2-1-3-7-14(18)19)12-8-5-6-10(16)13-11(8)17/h8H,1-7H2,(H,12,15)(H,13,16,17). The van der Waals surface area contributed by atoms with Gasteiger partial charge in [-0.05, 0) is 19.3 Å². The van der Waals surface area contributed by atoms with Crippen LogP contribution >= 0.6 is 0 Å². The minimum absolute atomic E-state index is 0.0885. The third kappa shape index (κ3) is 5.94. The van der Waals surface area contributed by atoms with Crippen molar-refractivity contribution in [2.45, 2.75) is 44.6 Å². The van der Waals surface area contributed by atoms with E-state index < -0.39 is 11.9 Å². The van der Waals surface area contributed by atoms with E-state index in [9.17, 15) is 24.5 Å². The van der Waals surface area contributed by atoms with Gasteiger partial charge in [0.15, 0.2) is 0 Å². The van der Waals surface area contributed by atoms with Gasteiger partial charge >= 0.3 is 0 Å². The van der Waals surface area contributed by atoms with Crippen LogP contribution in [0.25, 0.3) is 0 Å². The summed E-state index contributed by atoms with van der Waals surface area (Å²) in [5.41, 5.74) is 0. The number of unbranched alkanes of at least 4 members (excludes halogenated alkanes) is 2. The lowest BCUT2D eigenvalue weighted by Crippen LogP contribution is -2.52. The van der Waals surface area contributed by atoms with Gasteiger partial charge in [-0.25, -0.2) is 0 Å². The van der Waals surface area contributed by atoms with Crippen molar-refractivity contribution in [2.75, 3.05) is 6.54 Å². The molecule has 0 bridgehead atoms. The molecule has 0 aliphatic carbocycles. The van der Waals surface area contributed by atoms with Crippen LogP contribution in [0.4, 0.5) is 0 Å². The summed E-state index contributed by atoms with van der Waals surface area (Å²) in [4.78, 5) is 43.5. The van der Waals surface area contributed by atoms with Gasteiger partial charge in [-0.3, -0.25) is 29.8 Å². The molecule has 8 heteroatoms. The van der Waals surface area contributed by atoms with E-state index in [1.807, 2.05) is 0 Å². The number of hydrogen-bond acceptors (Lipinski definition) is 5. The zero-order valence-corrected chi connectivity index (χ0v) is 10.5. The number of amides is 3. The molecule has 2 N–H and O–H groups in total. The number of rotatable bonds is 7. The Kier molecular flexibility index (Phi) is 5.91. The fraction of sp³-hybridized carbons (Fsp3) is 0.727. The first kappa shape index (κ1) is 15.1. The first-order valence-corrected chi connectivity index (χ1v) is 6.24. The predicted octanol–water partition coefficient (Wildman–Crippen LogP) is -0.255. The van der Waals surface area contributed by atoms with Crippen molar-refractivity contribution in [3.63, 3.8) is 0 Å². The number of nitrogens with one attached hydrogen (secondary N) is 2. The van der Waals surface area contributed by atoms with E-state index in [1.165, 1.54) is 0 Å². The van der Waals surface area contributed by atoms with Crippen LogP contribution in [0.1, 0.15) is 38.5 Å². The molecule has 0 spiro atoms. The van der Waals surface area contributed by atoms with Gasteiger partial charge in [0.25, 0.3) is 0 Å². The third-order valence-corrected chi connectivity index (χ3v) is 2.82. The van der Waals surface area contributed by atoms with E-state index >= 15 is 0 Å². The second-order valence-corrected chi connectivity index (χ2v) is 4.44. The molecule has 0 aromatic rings. The summed E-state index contributed by atoms with van der Waals surface area (Å²) >= 11 is 0. The number of carbonyl (C=O) groups is 3. The molecule has 1 atom stereocenters. The molecule has 19 heavy (non-hydrogen) atoms. The van der Waals surface area contributed by atoms with Crippen LogP contribution in [0.15, 0.2) is 0 Å². The molecular weight excluding hydrogens is 254 g/mol. The summed E-state index contributed by atoms with van der Waals surface area (Å²) < 4.78 is 0. The van der Waals surface area contributed by atoms with Gasteiger partial charge in [0.05, 0.1) is 0 Å². The average molecular weight is 271 g/mol. The molecule has 1 heterocycles. The molecule has 1 aliphatic rings. The van der Waals surface area contributed by atoms with Crippen LogP contribution < -0.4 is 10.6 Å². The Morgan fingerprint density at radius 3 is 2.74 bits per heavy atom. The second-order valence-electron chi connectivity index (χ2n) is 4.44. The SMILES string of the molecule is O=C1CCC(NC(=O)CCCCC[N+](=O)[O-])C(=O)N1. The summed E-state index contributed by atoms with van der Waals surface area (Å²) in [7, 11) is 0. The number of nitro groups is 1. The topological polar surface area (TPSA) is 118 Å². The van der Waals surface area contributed by atoms with Crippen molar-refractivity contribution in [1.82, 2.24) is 10.6 Å². The molecule has 0 saturated carbocycles. The number of piperidine rings is 1. The number of nitrogens with zero attached hydrogens (tertiary/aromatic N) is 1. The quantitative estimate of drug-likeness (QED) is 0.286. The Hall–Kier alpha value is -1.99. The summed E-state index contributed by atoms with van der Waals surface area (Å²) in [6.07, 6.45) is 2.36. The fourth-order valence-electron chi connectivity index (χ4n) is 1.80. The number of carbonyl (C=O) groups excluding carboxylic acids is 3. The molecular formula is C11H17N3O5. The van der Waals surface area contributed by atoms with Gasteiger partial charge < -0.3 is 5.32 Å². The number of hydrogen-bond donors (Lipinski definition) is 2. The van der Waals surface area contributed by atoms with Gasteiger partial charge in [0.1, 0.15) is 6.04 Å². The fourth-order valence-corrected chi connectivity index (χ4v) is 1.80. The molecule has 0 radical (unpaired) electrons. The van der Waals surface area contributed by atoms with Crippen molar-refractivity contribution < 1.29 is 19.3 Å². The lowest BCUT2D eigenvalue weighted by Gasteiger charge is -2.21. The third-order valence-electron chi connectivity index (χ3n) is 2.82. The lowest BCUT2D eigenvalue weighted by molar-refractivity contribution is -0.480. The summed E-state index contributed by atoms with van der Waals surface area (Å²) in [6.45, 7) is -0.0885. The molecule has 1 unspecified atom stereocenters. The monoisotopic (exact) mass is 271 g/mol. The largest absolute Gasteiger partial charge is 0.344 e. The van der Waals surface area contributed by atoms with Gasteiger partial charge in [-0.1, -0.05) is 0 Å². The van der Waals surface area contributed by atoms with Crippen molar-refractivity contribution in [3.05, 3.63) is 10.1 Å². The predicted molar refractivity (Wildman–Crippen MR) is 64.6 cm³/mol. The molecule has 1 aliphatic heterocycles. The zero-order chi connectivity index (χ0) is 14.3. The molecule has 106 valence electrons. The van der Waals surface area contributed by atoms with Crippen LogP contribution in [-0.2, 0) is 14.4 Å². The van der Waals surface area contributed by atoms with Crippen LogP contribution in [0.5, 0.6) is 0 Å². The van der Waals surface area contributed by atoms with E-state index in [1.54, 1.807) is 0 Å². The maximum absolute atomic E-state index is 11.5. The maximum Gasteiger partial charge on any atom is 0.249 e. The number of imide groups is 1. The van der Waals surface area contributed by atoms with E-state index in [-0.39, 0.29) is 36.1 Å².